The molecule has 0 radical (unpaired) electrons. The number of hydrogen-bond acceptors (Lipinski definition) is 5. The molecular formula is C36H39Cl2F4N5O3. The first-order valence-corrected chi connectivity index (χ1v) is 16.9. The van der Waals surface area contributed by atoms with Gasteiger partial charge in [-0.3, -0.25) is 4.79 Å². The summed E-state index contributed by atoms with van der Waals surface area (Å²) in [7, 11) is 3.46. The molecule has 50 heavy (non-hydrogen) atoms. The van der Waals surface area contributed by atoms with Gasteiger partial charge >= 0.3 is 12.1 Å². The summed E-state index contributed by atoms with van der Waals surface area (Å²) >= 11 is 13.9. The lowest BCUT2D eigenvalue weighted by Crippen LogP contribution is -2.39. The Kier molecular flexibility index (Phi) is 10.6. The molecule has 5 rings (SSSR count). The molecule has 1 fully saturated rings. The topological polar surface area (TPSA) is 90.7 Å². The predicted octanol–water partition coefficient (Wildman–Crippen LogP) is 9.28. The van der Waals surface area contributed by atoms with E-state index in [1.165, 1.54) is 18.2 Å². The maximum absolute atomic E-state index is 13.7. The van der Waals surface area contributed by atoms with Crippen molar-refractivity contribution in [3.05, 3.63) is 81.1 Å². The van der Waals surface area contributed by atoms with E-state index in [9.17, 15) is 32.3 Å². The number of carbonyl (C=O) groups is 2. The van der Waals surface area contributed by atoms with Crippen molar-refractivity contribution in [2.75, 3.05) is 16.8 Å². The minimum absolute atomic E-state index is 0.0170. The second-order valence-electron chi connectivity index (χ2n) is 13.8. The van der Waals surface area contributed by atoms with E-state index in [-0.39, 0.29) is 66.1 Å². The number of amides is 1. The lowest BCUT2D eigenvalue weighted by atomic mass is 9.84. The van der Waals surface area contributed by atoms with Crippen molar-refractivity contribution in [2.24, 2.45) is 18.4 Å². The molecule has 268 valence electrons. The molecule has 1 aromatic heterocycles. The number of nitrogens with zero attached hydrogens (tertiary/aromatic N) is 4. The van der Waals surface area contributed by atoms with E-state index in [0.717, 1.165) is 5.56 Å². The van der Waals surface area contributed by atoms with Gasteiger partial charge < -0.3 is 24.8 Å². The molecule has 0 spiro atoms. The summed E-state index contributed by atoms with van der Waals surface area (Å²) in [6.07, 6.45) is -4.20. The van der Waals surface area contributed by atoms with E-state index >= 15 is 0 Å². The summed E-state index contributed by atoms with van der Waals surface area (Å²) in [4.78, 5) is 33.5. The van der Waals surface area contributed by atoms with Gasteiger partial charge in [-0.25, -0.2) is 14.2 Å². The van der Waals surface area contributed by atoms with Crippen LogP contribution in [0.1, 0.15) is 67.9 Å². The molecule has 2 N–H and O–H groups in total. The number of aryl methyl sites for hydroxylation is 1. The third kappa shape index (κ3) is 7.81. The van der Waals surface area contributed by atoms with Gasteiger partial charge in [-0.05, 0) is 67.1 Å². The number of anilines is 3. The molecule has 3 aromatic carbocycles. The van der Waals surface area contributed by atoms with Gasteiger partial charge in [0.25, 0.3) is 0 Å². The number of alkyl halides is 3. The maximum atomic E-state index is 13.7. The fourth-order valence-electron chi connectivity index (χ4n) is 6.35. The van der Waals surface area contributed by atoms with Crippen LogP contribution in [-0.4, -0.2) is 45.8 Å². The average molecular weight is 737 g/mol. The molecule has 4 aromatic rings. The number of benzene rings is 3. The lowest BCUT2D eigenvalue weighted by Gasteiger charge is -2.39. The number of aromatic carboxylic acids is 1. The summed E-state index contributed by atoms with van der Waals surface area (Å²) in [6.45, 7) is 5.72. The van der Waals surface area contributed by atoms with E-state index in [1.54, 1.807) is 79.6 Å². The average Bonchev–Trinajstić information content (AvgIpc) is 3.36. The fraction of sp³-hybridized carbons (Fsp3) is 0.417. The molecule has 1 heterocycles. The van der Waals surface area contributed by atoms with Gasteiger partial charge in [0.1, 0.15) is 5.82 Å². The van der Waals surface area contributed by atoms with E-state index in [2.05, 4.69) is 5.32 Å². The van der Waals surface area contributed by atoms with E-state index in [4.69, 9.17) is 28.2 Å². The highest BCUT2D eigenvalue weighted by Gasteiger charge is 2.43. The van der Waals surface area contributed by atoms with Gasteiger partial charge in [-0.1, -0.05) is 62.2 Å². The Morgan fingerprint density at radius 1 is 1.02 bits per heavy atom. The molecule has 14 heteroatoms. The van der Waals surface area contributed by atoms with Gasteiger partial charge in [-0.15, -0.1) is 0 Å². The lowest BCUT2D eigenvalue weighted by molar-refractivity contribution is -0.182. The van der Waals surface area contributed by atoms with Crippen LogP contribution >= 0.6 is 23.2 Å². The number of carboxylic acids is 1. The number of carboxylic acid groups (broad SMARTS) is 1. The highest BCUT2D eigenvalue weighted by atomic mass is 35.5. The molecule has 0 saturated heterocycles. The normalized spacial score (nSPS) is 16.8. The number of imidazole rings is 1. The molecular weight excluding hydrogens is 697 g/mol. The number of fused-ring (bicyclic) bond motifs is 1. The van der Waals surface area contributed by atoms with Crippen molar-refractivity contribution in [3.63, 3.8) is 0 Å². The Hall–Kier alpha value is -4.03. The van der Waals surface area contributed by atoms with Gasteiger partial charge in [0.2, 0.25) is 11.9 Å². The van der Waals surface area contributed by atoms with Gasteiger partial charge in [-0.2, -0.15) is 13.2 Å². The van der Waals surface area contributed by atoms with Gasteiger partial charge in [0.15, 0.2) is 0 Å². The Bertz CT molecular complexity index is 1900. The monoisotopic (exact) mass is 735 g/mol. The standard InChI is InChI=1S/C36H39Cl2F4N5O3/c1-35(2,3)33(50)43-18-21-8-15-26(37)31(30(21)38)47(24-13-9-22(10-14-24)36(40,41)42)34-44-27-16-25(32(48)49)28(17-29(27)46(34)5)45(4)19-20-6-11-23(39)12-7-20/h6-8,11-12,15-17,22,24H,9-10,13-14,18-19H2,1-5H3,(H,43,50)(H,48,49). The van der Waals surface area contributed by atoms with Crippen molar-refractivity contribution < 1.29 is 32.3 Å². The molecule has 1 amide bonds. The first kappa shape index (κ1) is 37.2. The number of rotatable bonds is 9. The zero-order valence-electron chi connectivity index (χ0n) is 28.3. The third-order valence-corrected chi connectivity index (χ3v) is 9.92. The third-order valence-electron chi connectivity index (χ3n) is 9.20. The molecule has 0 bridgehead atoms. The Morgan fingerprint density at radius 3 is 2.24 bits per heavy atom. The largest absolute Gasteiger partial charge is 0.478 e. The van der Waals surface area contributed by atoms with Gasteiger partial charge in [0, 0.05) is 38.6 Å². The quantitative estimate of drug-likeness (QED) is 0.167. The summed E-state index contributed by atoms with van der Waals surface area (Å²) in [5.74, 6) is -2.90. The van der Waals surface area contributed by atoms with Crippen LogP contribution in [0.4, 0.5) is 34.9 Å². The van der Waals surface area contributed by atoms with Crippen LogP contribution in [0, 0.1) is 17.2 Å². The number of hydrogen-bond donors (Lipinski definition) is 2. The number of halogens is 6. The van der Waals surface area contributed by atoms with Crippen LogP contribution in [0.15, 0.2) is 48.5 Å². The number of carbonyl (C=O) groups excluding carboxylic acids is 1. The van der Waals surface area contributed by atoms with Crippen LogP contribution in [0.5, 0.6) is 0 Å². The number of nitrogens with one attached hydrogen (secondary N) is 1. The van der Waals surface area contributed by atoms with E-state index in [0.29, 0.717) is 33.9 Å². The van der Waals surface area contributed by atoms with Crippen molar-refractivity contribution in [2.45, 2.75) is 71.8 Å². The van der Waals surface area contributed by atoms with Crippen LogP contribution in [-0.2, 0) is 24.9 Å². The zero-order valence-corrected chi connectivity index (χ0v) is 29.8. The summed E-state index contributed by atoms with van der Waals surface area (Å²) in [6, 6.07) is 11.9. The predicted molar refractivity (Wildman–Crippen MR) is 188 cm³/mol. The molecule has 8 nitrogen and oxygen atoms in total. The molecule has 1 aliphatic rings. The van der Waals surface area contributed by atoms with Crippen LogP contribution in [0.2, 0.25) is 10.0 Å². The second-order valence-corrected chi connectivity index (χ2v) is 14.6. The van der Waals surface area contributed by atoms with Crippen LogP contribution < -0.4 is 15.1 Å². The highest BCUT2D eigenvalue weighted by Crippen LogP contribution is 2.47. The van der Waals surface area contributed by atoms with E-state index in [1.807, 2.05) is 0 Å². The minimum atomic E-state index is -4.32. The summed E-state index contributed by atoms with van der Waals surface area (Å²) < 4.78 is 56.4. The second kappa shape index (κ2) is 14.3. The zero-order chi connectivity index (χ0) is 36.7. The summed E-state index contributed by atoms with van der Waals surface area (Å²) in [5, 5.41) is 13.5. The first-order valence-electron chi connectivity index (χ1n) is 16.2. The van der Waals surface area contributed by atoms with Crippen molar-refractivity contribution in [1.82, 2.24) is 14.9 Å². The van der Waals surface area contributed by atoms with Crippen molar-refractivity contribution in [1.29, 1.82) is 0 Å². The molecule has 1 aliphatic carbocycles. The highest BCUT2D eigenvalue weighted by molar-refractivity contribution is 6.40. The van der Waals surface area contributed by atoms with Crippen molar-refractivity contribution >= 4 is 63.4 Å². The Balaban J connectivity index is 1.62. The van der Waals surface area contributed by atoms with E-state index < -0.39 is 29.5 Å². The Labute approximate surface area is 298 Å². The minimum Gasteiger partial charge on any atom is -0.478 e. The Morgan fingerprint density at radius 2 is 1.66 bits per heavy atom. The molecule has 1 saturated carbocycles. The molecule has 0 atom stereocenters. The number of aromatic nitrogens is 2. The maximum Gasteiger partial charge on any atom is 0.391 e. The first-order chi connectivity index (χ1) is 23.4. The van der Waals surface area contributed by atoms with Crippen LogP contribution in [0.3, 0.4) is 0 Å². The molecule has 0 aliphatic heterocycles. The summed E-state index contributed by atoms with van der Waals surface area (Å²) in [5.41, 5.74) is 2.25. The van der Waals surface area contributed by atoms with Crippen LogP contribution in [0.25, 0.3) is 11.0 Å². The SMILES string of the molecule is CN(Cc1ccc(F)cc1)c1cc2c(cc1C(=O)O)nc(N(c1c(Cl)ccc(CNC(=O)C(C)(C)C)c1Cl)C1CCC(C(F)(F)F)CC1)n2C. The van der Waals surface area contributed by atoms with Gasteiger partial charge in [0.05, 0.1) is 43.9 Å². The van der Waals surface area contributed by atoms with Crippen molar-refractivity contribution in [3.8, 4) is 0 Å². The molecule has 0 unspecified atom stereocenters. The smallest absolute Gasteiger partial charge is 0.391 e. The fourth-order valence-corrected chi connectivity index (χ4v) is 6.97.